The maximum atomic E-state index is 14.1. The first kappa shape index (κ1) is 15.9. The minimum Gasteiger partial charge on any atom is -0.378 e. The topological polar surface area (TPSA) is 77.2 Å². The van der Waals surface area contributed by atoms with E-state index in [1.807, 2.05) is 23.1 Å². The molecule has 0 radical (unpaired) electrons. The van der Waals surface area contributed by atoms with Crippen molar-refractivity contribution in [3.8, 4) is 11.4 Å². The predicted molar refractivity (Wildman–Crippen MR) is 93.7 cm³/mol. The van der Waals surface area contributed by atoms with Crippen LogP contribution in [0.1, 0.15) is 5.69 Å². The molecule has 0 aliphatic carbocycles. The van der Waals surface area contributed by atoms with Crippen molar-refractivity contribution in [1.29, 1.82) is 0 Å². The minimum absolute atomic E-state index is 0.328. The molecule has 1 fully saturated rings. The van der Waals surface area contributed by atoms with Crippen LogP contribution < -0.4 is 10.6 Å². The van der Waals surface area contributed by atoms with Gasteiger partial charge in [-0.3, -0.25) is 4.98 Å². The molecule has 0 atom stereocenters. The Morgan fingerprint density at radius 3 is 2.72 bits per heavy atom. The number of halogens is 1. The smallest absolute Gasteiger partial charge is 0.132 e. The Hall–Kier alpha value is -2.64. The molecule has 4 rings (SSSR count). The van der Waals surface area contributed by atoms with Crippen LogP contribution in [-0.4, -0.2) is 41.3 Å². The number of ether oxygens (including phenoxy) is 1. The first-order valence-electron chi connectivity index (χ1n) is 8.19. The first-order valence-corrected chi connectivity index (χ1v) is 8.19. The van der Waals surface area contributed by atoms with Crippen molar-refractivity contribution >= 4 is 16.7 Å². The van der Waals surface area contributed by atoms with Crippen molar-refractivity contribution in [2.45, 2.75) is 6.54 Å². The Bertz CT molecular complexity index is 911. The van der Waals surface area contributed by atoms with Gasteiger partial charge in [0.25, 0.3) is 0 Å². The Morgan fingerprint density at radius 2 is 1.92 bits per heavy atom. The molecule has 0 aromatic carbocycles. The summed E-state index contributed by atoms with van der Waals surface area (Å²) in [5.74, 6) is 0.281. The molecule has 1 aliphatic rings. The molecule has 0 unspecified atom stereocenters. The van der Waals surface area contributed by atoms with E-state index < -0.39 is 0 Å². The minimum atomic E-state index is -0.328. The average Bonchev–Trinajstić information content (AvgIpc) is 2.67. The third-order valence-corrected chi connectivity index (χ3v) is 4.21. The van der Waals surface area contributed by atoms with Gasteiger partial charge in [-0.2, -0.15) is 0 Å². The van der Waals surface area contributed by atoms with E-state index in [1.165, 1.54) is 12.1 Å². The van der Waals surface area contributed by atoms with E-state index in [-0.39, 0.29) is 5.82 Å². The highest BCUT2D eigenvalue weighted by Gasteiger charge is 2.15. The molecule has 3 aromatic rings. The van der Waals surface area contributed by atoms with Crippen LogP contribution in [0, 0.1) is 5.82 Å². The van der Waals surface area contributed by atoms with Gasteiger partial charge in [0.05, 0.1) is 35.8 Å². The lowest BCUT2D eigenvalue weighted by atomic mass is 10.2. The van der Waals surface area contributed by atoms with Gasteiger partial charge in [0.2, 0.25) is 0 Å². The third-order valence-electron chi connectivity index (χ3n) is 4.21. The largest absolute Gasteiger partial charge is 0.378 e. The molecule has 3 aromatic heterocycles. The van der Waals surface area contributed by atoms with Crippen molar-refractivity contribution in [1.82, 2.24) is 15.0 Å². The summed E-state index contributed by atoms with van der Waals surface area (Å²) in [5.41, 5.74) is 8.31. The molecule has 128 valence electrons. The number of nitrogens with zero attached hydrogens (tertiary/aromatic N) is 4. The van der Waals surface area contributed by atoms with Gasteiger partial charge in [-0.15, -0.1) is 0 Å². The quantitative estimate of drug-likeness (QED) is 0.788. The van der Waals surface area contributed by atoms with Gasteiger partial charge in [-0.1, -0.05) is 0 Å². The summed E-state index contributed by atoms with van der Waals surface area (Å²) in [5, 5.41) is 0.908. The van der Waals surface area contributed by atoms with E-state index in [2.05, 4.69) is 15.0 Å². The number of rotatable bonds is 3. The van der Waals surface area contributed by atoms with Gasteiger partial charge in [0.1, 0.15) is 11.6 Å². The highest BCUT2D eigenvalue weighted by Crippen LogP contribution is 2.24. The molecular formula is C18H18FN5O. The van der Waals surface area contributed by atoms with Crippen LogP contribution in [-0.2, 0) is 11.3 Å². The number of anilines is 1. The summed E-state index contributed by atoms with van der Waals surface area (Å²) in [6.45, 7) is 2.99. The van der Waals surface area contributed by atoms with Gasteiger partial charge >= 0.3 is 0 Å². The number of fused-ring (bicyclic) bond motifs is 1. The van der Waals surface area contributed by atoms with Gasteiger partial charge in [0, 0.05) is 43.4 Å². The van der Waals surface area contributed by atoms with E-state index in [0.717, 1.165) is 16.6 Å². The number of pyridine rings is 3. The van der Waals surface area contributed by atoms with Gasteiger partial charge < -0.3 is 15.4 Å². The lowest BCUT2D eigenvalue weighted by Crippen LogP contribution is -2.36. The van der Waals surface area contributed by atoms with Gasteiger partial charge in [-0.25, -0.2) is 14.4 Å². The van der Waals surface area contributed by atoms with Gasteiger partial charge in [-0.05, 0) is 18.2 Å². The molecule has 1 saturated heterocycles. The number of morpholine rings is 1. The van der Waals surface area contributed by atoms with E-state index in [0.29, 0.717) is 50.1 Å². The van der Waals surface area contributed by atoms with Crippen molar-refractivity contribution in [3.63, 3.8) is 0 Å². The summed E-state index contributed by atoms with van der Waals surface area (Å²) in [6, 6.07) is 8.44. The van der Waals surface area contributed by atoms with Crippen molar-refractivity contribution < 1.29 is 9.13 Å². The van der Waals surface area contributed by atoms with Crippen LogP contribution in [0.25, 0.3) is 22.3 Å². The predicted octanol–water partition coefficient (Wildman–Crippen LogP) is 2.13. The van der Waals surface area contributed by atoms with E-state index in [1.54, 1.807) is 6.20 Å². The zero-order valence-electron chi connectivity index (χ0n) is 13.7. The second-order valence-corrected chi connectivity index (χ2v) is 5.90. The summed E-state index contributed by atoms with van der Waals surface area (Å²) < 4.78 is 19.5. The molecule has 6 nitrogen and oxygen atoms in total. The fourth-order valence-corrected chi connectivity index (χ4v) is 2.88. The van der Waals surface area contributed by atoms with Crippen LogP contribution in [0.4, 0.5) is 10.2 Å². The molecule has 25 heavy (non-hydrogen) atoms. The lowest BCUT2D eigenvalue weighted by Gasteiger charge is -2.28. The fraction of sp³-hybridized carbons (Fsp3) is 0.278. The van der Waals surface area contributed by atoms with Crippen LogP contribution in [0.15, 0.2) is 36.5 Å². The van der Waals surface area contributed by atoms with E-state index in [9.17, 15) is 4.39 Å². The zero-order valence-corrected chi connectivity index (χ0v) is 13.7. The highest BCUT2D eigenvalue weighted by molar-refractivity contribution is 5.80. The second kappa shape index (κ2) is 6.70. The maximum absolute atomic E-state index is 14.1. The molecule has 0 amide bonds. The number of hydrogen-bond acceptors (Lipinski definition) is 6. The third kappa shape index (κ3) is 3.29. The highest BCUT2D eigenvalue weighted by atomic mass is 19.1. The van der Waals surface area contributed by atoms with E-state index in [4.69, 9.17) is 10.5 Å². The Balaban J connectivity index is 1.75. The molecule has 0 saturated carbocycles. The van der Waals surface area contributed by atoms with Crippen LogP contribution >= 0.6 is 0 Å². The second-order valence-electron chi connectivity index (χ2n) is 5.90. The Morgan fingerprint density at radius 1 is 1.08 bits per heavy atom. The summed E-state index contributed by atoms with van der Waals surface area (Å²) >= 11 is 0. The lowest BCUT2D eigenvalue weighted by molar-refractivity contribution is 0.122. The summed E-state index contributed by atoms with van der Waals surface area (Å²) in [6.07, 6.45) is 1.74. The molecular weight excluding hydrogens is 321 g/mol. The average molecular weight is 339 g/mol. The Kier molecular flexibility index (Phi) is 4.25. The van der Waals surface area contributed by atoms with Crippen LogP contribution in [0.5, 0.6) is 0 Å². The summed E-state index contributed by atoms with van der Waals surface area (Å²) in [4.78, 5) is 15.5. The zero-order chi connectivity index (χ0) is 17.2. The van der Waals surface area contributed by atoms with Crippen molar-refractivity contribution in [3.05, 3.63) is 48.0 Å². The fourth-order valence-electron chi connectivity index (χ4n) is 2.88. The van der Waals surface area contributed by atoms with Crippen LogP contribution in [0.2, 0.25) is 0 Å². The molecule has 2 N–H and O–H groups in total. The normalized spacial score (nSPS) is 14.9. The number of nitrogens with two attached hydrogens (primary N) is 1. The molecule has 7 heteroatoms. The first-order chi connectivity index (χ1) is 12.2. The molecule has 0 spiro atoms. The SMILES string of the molecule is NCc1cc2nc(-c3cc(F)cc(N4CCOCC4)n3)ccc2cn1. The standard InChI is InChI=1S/C18H18FN5O/c19-13-7-17(23-18(8-13)24-3-5-25-6-4-24)15-2-1-12-11-21-14(10-20)9-16(12)22-15/h1-2,7-9,11H,3-6,10,20H2. The summed E-state index contributed by atoms with van der Waals surface area (Å²) in [7, 11) is 0. The van der Waals surface area contributed by atoms with Crippen molar-refractivity contribution in [2.24, 2.45) is 5.73 Å². The number of hydrogen-bond donors (Lipinski definition) is 1. The molecule has 1 aliphatic heterocycles. The number of aromatic nitrogens is 3. The molecule has 4 heterocycles. The van der Waals surface area contributed by atoms with Crippen LogP contribution in [0.3, 0.4) is 0 Å². The van der Waals surface area contributed by atoms with Crippen molar-refractivity contribution in [2.75, 3.05) is 31.2 Å². The monoisotopic (exact) mass is 339 g/mol. The van der Waals surface area contributed by atoms with Gasteiger partial charge in [0.15, 0.2) is 0 Å². The maximum Gasteiger partial charge on any atom is 0.132 e. The molecule has 0 bridgehead atoms. The Labute approximate surface area is 144 Å². The van der Waals surface area contributed by atoms with E-state index >= 15 is 0 Å².